The van der Waals surface area contributed by atoms with Crippen molar-refractivity contribution in [3.63, 3.8) is 0 Å². The van der Waals surface area contributed by atoms with Gasteiger partial charge in [0.25, 0.3) is 0 Å². The lowest BCUT2D eigenvalue weighted by atomic mass is 9.87. The molecule has 12 nitrogen and oxygen atoms in total. The average Bonchev–Trinajstić information content (AvgIpc) is 3.91. The first-order chi connectivity index (χ1) is 23.9. The van der Waals surface area contributed by atoms with Gasteiger partial charge in [-0.3, -0.25) is 0 Å². The number of fused-ring (bicyclic) bond motifs is 4. The van der Waals surface area contributed by atoms with E-state index in [1.165, 1.54) is 10.1 Å². The van der Waals surface area contributed by atoms with E-state index in [-0.39, 0.29) is 23.3 Å². The molecule has 0 amide bonds. The first-order valence-corrected chi connectivity index (χ1v) is 17.9. The van der Waals surface area contributed by atoms with Crippen molar-refractivity contribution >= 4 is 21.9 Å². The zero-order chi connectivity index (χ0) is 35.2. The van der Waals surface area contributed by atoms with E-state index in [4.69, 9.17) is 18.3 Å². The van der Waals surface area contributed by atoms with Gasteiger partial charge in [-0.1, -0.05) is 0 Å². The molecule has 5 atom stereocenters. The molecule has 2 aromatic carbocycles. The topological polar surface area (TPSA) is 156 Å². The van der Waals surface area contributed by atoms with Crippen LogP contribution in [0.4, 0.5) is 0 Å². The van der Waals surface area contributed by atoms with Crippen LogP contribution in [0.3, 0.4) is 0 Å². The number of hydroxylamine groups is 4. The number of nitrogens with one attached hydrogen (secondary N) is 2. The molecule has 0 spiro atoms. The van der Waals surface area contributed by atoms with Gasteiger partial charge in [0.1, 0.15) is 47.1 Å². The van der Waals surface area contributed by atoms with Crippen LogP contribution in [0.5, 0.6) is 11.5 Å². The van der Waals surface area contributed by atoms with Gasteiger partial charge >= 0.3 is 0 Å². The Morgan fingerprint density at radius 1 is 0.800 bits per heavy atom. The minimum atomic E-state index is -0.591. The van der Waals surface area contributed by atoms with Gasteiger partial charge < -0.3 is 49.6 Å². The first kappa shape index (κ1) is 35.2. The minimum Gasteiger partial charge on any atom is -0.487 e. The second-order valence-electron chi connectivity index (χ2n) is 15.7. The van der Waals surface area contributed by atoms with Crippen LogP contribution in [0, 0.1) is 5.92 Å². The van der Waals surface area contributed by atoms with Gasteiger partial charge in [0, 0.05) is 78.0 Å². The third kappa shape index (κ3) is 7.26. The van der Waals surface area contributed by atoms with Gasteiger partial charge in [-0.15, -0.1) is 0 Å². The molecule has 4 aromatic rings. The molecule has 272 valence electrons. The first-order valence-electron chi connectivity index (χ1n) is 17.9. The van der Waals surface area contributed by atoms with Crippen molar-refractivity contribution in [2.24, 2.45) is 5.92 Å². The van der Waals surface area contributed by atoms with Crippen LogP contribution in [0.15, 0.2) is 57.8 Å². The summed E-state index contributed by atoms with van der Waals surface area (Å²) in [6.07, 6.45) is 5.81. The number of nitrogens with zero attached hydrogens (tertiary/aromatic N) is 2. The Morgan fingerprint density at radius 3 is 1.86 bits per heavy atom. The maximum Gasteiger partial charge on any atom is 0.134 e. The highest BCUT2D eigenvalue weighted by molar-refractivity contribution is 5.81. The molecule has 0 saturated carbocycles. The number of aliphatic hydroxyl groups is 2. The summed E-state index contributed by atoms with van der Waals surface area (Å²) in [6, 6.07) is 12.1. The molecule has 12 heteroatoms. The van der Waals surface area contributed by atoms with Crippen LogP contribution in [0.2, 0.25) is 0 Å². The van der Waals surface area contributed by atoms with Gasteiger partial charge in [-0.05, 0) is 95.8 Å². The molecule has 2 aromatic heterocycles. The second kappa shape index (κ2) is 14.1. The van der Waals surface area contributed by atoms with E-state index >= 15 is 0 Å². The fraction of sp³-hybridized carbons (Fsp3) is 0.579. The Bertz CT molecular complexity index is 1680. The lowest BCUT2D eigenvalue weighted by Crippen LogP contribution is -2.49. The van der Waals surface area contributed by atoms with E-state index in [9.17, 15) is 20.6 Å². The summed E-state index contributed by atoms with van der Waals surface area (Å²) in [4.78, 5) is 0. The van der Waals surface area contributed by atoms with Crippen molar-refractivity contribution in [3.8, 4) is 11.5 Å². The van der Waals surface area contributed by atoms with Crippen molar-refractivity contribution in [2.75, 3.05) is 32.7 Å². The van der Waals surface area contributed by atoms with Crippen LogP contribution in [0.1, 0.15) is 58.1 Å². The number of benzene rings is 2. The monoisotopic (exact) mass is 692 g/mol. The zero-order valence-electron chi connectivity index (χ0n) is 29.5. The van der Waals surface area contributed by atoms with Gasteiger partial charge in [-0.2, -0.15) is 10.1 Å². The number of aliphatic hydroxyl groups excluding tert-OH is 2. The smallest absolute Gasteiger partial charge is 0.134 e. The van der Waals surface area contributed by atoms with Gasteiger partial charge in [0.05, 0.1) is 12.5 Å². The highest BCUT2D eigenvalue weighted by Gasteiger charge is 2.51. The van der Waals surface area contributed by atoms with Crippen molar-refractivity contribution in [1.82, 2.24) is 20.8 Å². The van der Waals surface area contributed by atoms with E-state index < -0.39 is 12.2 Å². The summed E-state index contributed by atoms with van der Waals surface area (Å²) in [5.74, 6) is 1.98. The molecule has 0 bridgehead atoms. The molecule has 4 aliphatic rings. The van der Waals surface area contributed by atoms with E-state index in [1.54, 1.807) is 12.5 Å². The number of piperidine rings is 1. The molecule has 6 N–H and O–H groups in total. The van der Waals surface area contributed by atoms with Crippen LogP contribution in [-0.2, 0) is 12.8 Å². The van der Waals surface area contributed by atoms with Gasteiger partial charge in [0.15, 0.2) is 0 Å². The fourth-order valence-electron chi connectivity index (χ4n) is 8.11. The molecule has 6 heterocycles. The van der Waals surface area contributed by atoms with Gasteiger partial charge in [0.2, 0.25) is 0 Å². The summed E-state index contributed by atoms with van der Waals surface area (Å²) in [5, 5.41) is 52.5. The predicted molar refractivity (Wildman–Crippen MR) is 188 cm³/mol. The number of ether oxygens (including phenoxy) is 2. The third-order valence-corrected chi connectivity index (χ3v) is 11.2. The molecule has 4 aliphatic heterocycles. The number of rotatable bonds is 9. The Labute approximate surface area is 292 Å². The Kier molecular flexibility index (Phi) is 9.92. The normalized spacial score (nSPS) is 25.9. The molecule has 5 unspecified atom stereocenters. The second-order valence-corrected chi connectivity index (χ2v) is 15.7. The van der Waals surface area contributed by atoms with E-state index in [0.29, 0.717) is 51.0 Å². The number of hydrogen-bond acceptors (Lipinski definition) is 12. The SMILES string of the molecule is CC1(C)CC(CNCC(O)C2Cc3cc4occc4cc3O2)C(C)(C)N1O.OC(CNC1CCN(O)CC1)C1Cc2cc3occc3cc2O1. The van der Waals surface area contributed by atoms with Crippen LogP contribution >= 0.6 is 0 Å². The average molecular weight is 693 g/mol. The van der Waals surface area contributed by atoms with Crippen LogP contribution in [-0.4, -0.2) is 105 Å². The highest BCUT2D eigenvalue weighted by atomic mass is 16.5. The third-order valence-electron chi connectivity index (χ3n) is 11.2. The molecule has 0 aliphatic carbocycles. The molecular formula is C38H52N4O8. The van der Waals surface area contributed by atoms with Gasteiger partial charge in [-0.25, -0.2) is 0 Å². The summed E-state index contributed by atoms with van der Waals surface area (Å²) < 4.78 is 22.8. The Morgan fingerprint density at radius 2 is 1.34 bits per heavy atom. The Balaban J connectivity index is 0.000000159. The molecule has 8 rings (SSSR count). The van der Waals surface area contributed by atoms with Crippen molar-refractivity contribution < 1.29 is 38.9 Å². The van der Waals surface area contributed by atoms with Crippen molar-refractivity contribution in [3.05, 3.63) is 60.1 Å². The largest absolute Gasteiger partial charge is 0.487 e. The summed E-state index contributed by atoms with van der Waals surface area (Å²) in [6.45, 7) is 11.3. The fourth-order valence-corrected chi connectivity index (χ4v) is 8.11. The predicted octanol–water partition coefficient (Wildman–Crippen LogP) is 4.50. The summed E-state index contributed by atoms with van der Waals surface area (Å²) in [7, 11) is 0. The van der Waals surface area contributed by atoms with Crippen LogP contribution < -0.4 is 20.1 Å². The maximum absolute atomic E-state index is 10.6. The Hall–Kier alpha value is -3.20. The number of furan rings is 2. The van der Waals surface area contributed by atoms with E-state index in [2.05, 4.69) is 38.3 Å². The quantitative estimate of drug-likeness (QED) is 0.146. The lowest BCUT2D eigenvalue weighted by Gasteiger charge is -2.36. The van der Waals surface area contributed by atoms with E-state index in [0.717, 1.165) is 70.4 Å². The maximum atomic E-state index is 10.6. The molecule has 2 fully saturated rings. The van der Waals surface area contributed by atoms with E-state index in [1.807, 2.05) is 36.4 Å². The standard InChI is InChI=1S/C21H30N2O4.C17H22N2O4/c1-20(2)10-15(21(3,4)23(20)25)11-22-12-16(24)19-9-14-8-17-13(5-6-26-17)7-18(14)27-19;20-14(10-18-13-1-4-19(21)5-2-13)17-9-12-8-15-11(3-6-22-15)7-16(12)23-17/h5-8,15-16,19,22,24-25H,9-12H2,1-4H3;3,6-8,13-14,17-18,20-21H,1-2,4-5,9-10H2. The molecule has 50 heavy (non-hydrogen) atoms. The van der Waals surface area contributed by atoms with Crippen molar-refractivity contribution in [1.29, 1.82) is 0 Å². The summed E-state index contributed by atoms with van der Waals surface area (Å²) >= 11 is 0. The highest BCUT2D eigenvalue weighted by Crippen LogP contribution is 2.43. The van der Waals surface area contributed by atoms with Crippen LogP contribution in [0.25, 0.3) is 21.9 Å². The molecule has 0 radical (unpaired) electrons. The molecule has 2 saturated heterocycles. The minimum absolute atomic E-state index is 0.220. The van der Waals surface area contributed by atoms with Crippen molar-refractivity contribution in [2.45, 2.75) is 101 Å². The zero-order valence-corrected chi connectivity index (χ0v) is 29.5. The molecular weight excluding hydrogens is 640 g/mol. The summed E-state index contributed by atoms with van der Waals surface area (Å²) in [5.41, 5.74) is 3.35. The number of hydrogen-bond donors (Lipinski definition) is 6. The lowest BCUT2D eigenvalue weighted by molar-refractivity contribution is -0.196.